The first-order valence-electron chi connectivity index (χ1n) is 7.65. The van der Waals surface area contributed by atoms with Crippen molar-refractivity contribution in [1.82, 2.24) is 19.7 Å². The Morgan fingerprint density at radius 3 is 2.31 bits per heavy atom. The summed E-state index contributed by atoms with van der Waals surface area (Å²) < 4.78 is 1.74. The Kier molecular flexibility index (Phi) is 4.28. The van der Waals surface area contributed by atoms with Crippen molar-refractivity contribution in [1.29, 1.82) is 0 Å². The third-order valence-electron chi connectivity index (χ3n) is 3.74. The molecule has 0 aromatic carbocycles. The van der Waals surface area contributed by atoms with Crippen molar-refractivity contribution in [2.45, 2.75) is 0 Å². The Labute approximate surface area is 159 Å². The zero-order chi connectivity index (χ0) is 18.1. The van der Waals surface area contributed by atoms with Crippen LogP contribution in [-0.2, 0) is 0 Å². The van der Waals surface area contributed by atoms with E-state index in [9.17, 15) is 0 Å². The maximum atomic E-state index is 6.01. The number of nitrogens with zero attached hydrogens (tertiary/aromatic N) is 6. The number of anilines is 1. The maximum absolute atomic E-state index is 6.01. The van der Waals surface area contributed by atoms with Crippen molar-refractivity contribution in [3.8, 4) is 5.69 Å². The molecule has 0 amide bonds. The van der Waals surface area contributed by atoms with Gasteiger partial charge in [0, 0.05) is 30.7 Å². The number of allylic oxidation sites excluding steroid dienone is 2. The van der Waals surface area contributed by atoms with Crippen LogP contribution in [0.2, 0.25) is 10.3 Å². The van der Waals surface area contributed by atoms with Crippen molar-refractivity contribution in [2.24, 2.45) is 5.10 Å². The molecule has 4 rings (SSSR count). The summed E-state index contributed by atoms with van der Waals surface area (Å²) in [5.41, 5.74) is 3.82. The van der Waals surface area contributed by atoms with Gasteiger partial charge in [-0.3, -0.25) is 0 Å². The Morgan fingerprint density at radius 1 is 0.885 bits per heavy atom. The average Bonchev–Trinajstić information content (AvgIpc) is 3.12. The van der Waals surface area contributed by atoms with Gasteiger partial charge in [-0.05, 0) is 29.8 Å². The first-order valence-corrected chi connectivity index (χ1v) is 8.40. The predicted molar refractivity (Wildman–Crippen MR) is 103 cm³/mol. The molecule has 0 radical (unpaired) electrons. The van der Waals surface area contributed by atoms with Crippen LogP contribution in [0.5, 0.6) is 0 Å². The normalized spacial score (nSPS) is 13.8. The quantitative estimate of drug-likeness (QED) is 0.634. The third kappa shape index (κ3) is 3.12. The van der Waals surface area contributed by atoms with Gasteiger partial charge in [-0.25, -0.2) is 19.7 Å². The molecule has 0 fully saturated rings. The smallest absolute Gasteiger partial charge is 0.131 e. The minimum atomic E-state index is 0.390. The summed E-state index contributed by atoms with van der Waals surface area (Å²) in [6.45, 7) is 4.09. The lowest BCUT2D eigenvalue weighted by atomic mass is 10.1. The third-order valence-corrected chi connectivity index (χ3v) is 4.16. The van der Waals surface area contributed by atoms with Crippen molar-refractivity contribution in [3.05, 3.63) is 89.4 Å². The monoisotopic (exact) mass is 382 g/mol. The lowest BCUT2D eigenvalue weighted by Crippen LogP contribution is -2.21. The summed E-state index contributed by atoms with van der Waals surface area (Å²) in [5, 5.41) is 11.6. The van der Waals surface area contributed by atoms with Crippen molar-refractivity contribution < 1.29 is 0 Å². The highest BCUT2D eigenvalue weighted by atomic mass is 35.5. The van der Waals surface area contributed by atoms with Crippen LogP contribution in [0.15, 0.2) is 78.5 Å². The first-order chi connectivity index (χ1) is 12.6. The molecule has 1 aliphatic rings. The standard InChI is InChI=1S/C18H12Cl2N6/c1-12-5-9-25(13-2-6-21-16(19)10-13)24-18(12)15-4-8-23-26(15)14-3-7-22-17(20)11-14/h2-11H,1H2. The summed E-state index contributed by atoms with van der Waals surface area (Å²) in [4.78, 5) is 8.00. The number of hydrazone groups is 1. The van der Waals surface area contributed by atoms with E-state index in [2.05, 4.69) is 21.6 Å². The van der Waals surface area contributed by atoms with E-state index in [4.69, 9.17) is 28.3 Å². The molecule has 1 aliphatic heterocycles. The summed E-state index contributed by atoms with van der Waals surface area (Å²) in [5.74, 6) is 0. The lowest BCUT2D eigenvalue weighted by molar-refractivity contribution is 0.865. The molecule has 0 unspecified atom stereocenters. The molecule has 0 saturated heterocycles. The Hall–Kier alpha value is -2.96. The van der Waals surface area contributed by atoms with Crippen LogP contribution in [0.25, 0.3) is 5.69 Å². The van der Waals surface area contributed by atoms with Gasteiger partial charge in [0.05, 0.1) is 23.3 Å². The van der Waals surface area contributed by atoms with Crippen LogP contribution in [0.1, 0.15) is 5.69 Å². The fourth-order valence-corrected chi connectivity index (χ4v) is 2.89. The molecule has 8 heteroatoms. The summed E-state index contributed by atoms with van der Waals surface area (Å²) >= 11 is 12.0. The molecule has 3 aromatic heterocycles. The van der Waals surface area contributed by atoms with Gasteiger partial charge in [0.1, 0.15) is 16.0 Å². The molecular weight excluding hydrogens is 371 g/mol. The second-order valence-corrected chi connectivity index (χ2v) is 6.21. The zero-order valence-corrected chi connectivity index (χ0v) is 14.9. The van der Waals surface area contributed by atoms with E-state index < -0.39 is 0 Å². The second kappa shape index (κ2) is 6.74. The van der Waals surface area contributed by atoms with Crippen molar-refractivity contribution >= 4 is 34.6 Å². The van der Waals surface area contributed by atoms with E-state index in [1.54, 1.807) is 40.4 Å². The van der Waals surface area contributed by atoms with Crippen LogP contribution < -0.4 is 5.01 Å². The molecule has 3 aromatic rings. The van der Waals surface area contributed by atoms with Crippen LogP contribution in [0.3, 0.4) is 0 Å². The largest absolute Gasteiger partial charge is 0.244 e. The first kappa shape index (κ1) is 16.5. The minimum absolute atomic E-state index is 0.390. The predicted octanol–water partition coefficient (Wildman–Crippen LogP) is 4.26. The highest BCUT2D eigenvalue weighted by Gasteiger charge is 2.19. The summed E-state index contributed by atoms with van der Waals surface area (Å²) in [6, 6.07) is 8.99. The van der Waals surface area contributed by atoms with E-state index in [1.165, 1.54) is 0 Å². The lowest BCUT2D eigenvalue weighted by Gasteiger charge is -2.21. The summed E-state index contributed by atoms with van der Waals surface area (Å²) in [6.07, 6.45) is 8.67. The van der Waals surface area contributed by atoms with Crippen LogP contribution >= 0.6 is 23.2 Å². The van der Waals surface area contributed by atoms with Gasteiger partial charge in [0.2, 0.25) is 0 Å². The number of rotatable bonds is 3. The molecule has 6 nitrogen and oxygen atoms in total. The van der Waals surface area contributed by atoms with Crippen LogP contribution in [0.4, 0.5) is 5.69 Å². The van der Waals surface area contributed by atoms with E-state index in [0.29, 0.717) is 16.0 Å². The van der Waals surface area contributed by atoms with Gasteiger partial charge >= 0.3 is 0 Å². The Bertz CT molecular complexity index is 1050. The Morgan fingerprint density at radius 2 is 1.58 bits per heavy atom. The van der Waals surface area contributed by atoms with Crippen molar-refractivity contribution in [2.75, 3.05) is 5.01 Å². The fraction of sp³-hybridized carbons (Fsp3) is 0. The SMILES string of the molecule is C=C1C=CN(c2ccnc(Cl)c2)N=C1c1ccnn1-c1ccnc(Cl)c1. The van der Waals surface area contributed by atoms with E-state index >= 15 is 0 Å². The van der Waals surface area contributed by atoms with E-state index in [0.717, 1.165) is 22.6 Å². The molecule has 128 valence electrons. The highest BCUT2D eigenvalue weighted by Crippen LogP contribution is 2.24. The molecule has 0 spiro atoms. The minimum Gasteiger partial charge on any atom is -0.244 e. The Balaban J connectivity index is 1.78. The van der Waals surface area contributed by atoms with Crippen molar-refractivity contribution in [3.63, 3.8) is 0 Å². The van der Waals surface area contributed by atoms with Gasteiger partial charge < -0.3 is 0 Å². The summed E-state index contributed by atoms with van der Waals surface area (Å²) in [7, 11) is 0. The van der Waals surface area contributed by atoms with Gasteiger partial charge in [-0.1, -0.05) is 29.8 Å². The molecule has 0 atom stereocenters. The molecule has 0 N–H and O–H groups in total. The topological polar surface area (TPSA) is 59.2 Å². The number of pyridine rings is 2. The van der Waals surface area contributed by atoms with Gasteiger partial charge in [-0.15, -0.1) is 0 Å². The van der Waals surface area contributed by atoms with Gasteiger partial charge in [0.15, 0.2) is 0 Å². The number of hydrogen-bond acceptors (Lipinski definition) is 5. The number of aromatic nitrogens is 4. The van der Waals surface area contributed by atoms with Crippen LogP contribution in [0, 0.1) is 0 Å². The molecule has 26 heavy (non-hydrogen) atoms. The number of hydrogen-bond donors (Lipinski definition) is 0. The molecule has 0 saturated carbocycles. The van der Waals surface area contributed by atoms with E-state index in [1.807, 2.05) is 30.5 Å². The van der Waals surface area contributed by atoms with E-state index in [-0.39, 0.29) is 0 Å². The molecular formula is C18H12Cl2N6. The number of halogens is 2. The maximum Gasteiger partial charge on any atom is 0.131 e. The fourth-order valence-electron chi connectivity index (χ4n) is 2.55. The van der Waals surface area contributed by atoms with Gasteiger partial charge in [0.25, 0.3) is 0 Å². The van der Waals surface area contributed by atoms with Crippen LogP contribution in [-0.4, -0.2) is 25.5 Å². The molecule has 4 heterocycles. The molecule has 0 aliphatic carbocycles. The second-order valence-electron chi connectivity index (χ2n) is 5.44. The van der Waals surface area contributed by atoms with Gasteiger partial charge in [-0.2, -0.15) is 10.2 Å². The zero-order valence-electron chi connectivity index (χ0n) is 13.4. The molecule has 0 bridgehead atoms. The average molecular weight is 383 g/mol. The highest BCUT2D eigenvalue weighted by molar-refractivity contribution is 6.29.